The fraction of sp³-hybridized carbons (Fsp3) is 0.222. The summed E-state index contributed by atoms with van der Waals surface area (Å²) in [5.74, 6) is 0.423. The van der Waals surface area contributed by atoms with Gasteiger partial charge in [-0.15, -0.1) is 0 Å². The molecule has 6 nitrogen and oxygen atoms in total. The molecule has 0 bridgehead atoms. The number of carbonyl (C=O) groups is 1. The zero-order chi connectivity index (χ0) is 10.7. The molecule has 0 aromatic heterocycles. The highest BCUT2D eigenvalue weighted by molar-refractivity contribution is 5.97. The Morgan fingerprint density at radius 3 is 3.13 bits per heavy atom. The Morgan fingerprint density at radius 1 is 1.53 bits per heavy atom. The van der Waals surface area contributed by atoms with Crippen LogP contribution in [-0.2, 0) is 4.79 Å². The third-order valence-electron chi connectivity index (χ3n) is 2.08. The van der Waals surface area contributed by atoms with Gasteiger partial charge in [0.15, 0.2) is 6.61 Å². The van der Waals surface area contributed by atoms with Crippen molar-refractivity contribution in [3.8, 4) is 5.75 Å². The number of azide groups is 1. The molecule has 1 aliphatic rings. The summed E-state index contributed by atoms with van der Waals surface area (Å²) in [6.45, 7) is -0.0202. The molecular formula is C9H8N4O2. The van der Waals surface area contributed by atoms with E-state index in [9.17, 15) is 4.79 Å². The maximum Gasteiger partial charge on any atom is 0.265 e. The number of nitrogens with zero attached hydrogens (tertiary/aromatic N) is 4. The number of para-hydroxylation sites is 2. The Labute approximate surface area is 85.7 Å². The molecule has 1 aromatic rings. The van der Waals surface area contributed by atoms with Gasteiger partial charge in [-0.25, -0.2) is 0 Å². The van der Waals surface area contributed by atoms with E-state index in [1.165, 1.54) is 4.90 Å². The zero-order valence-electron chi connectivity index (χ0n) is 7.83. The highest BCUT2D eigenvalue weighted by Crippen LogP contribution is 2.31. The molecule has 0 saturated heterocycles. The van der Waals surface area contributed by atoms with Crippen LogP contribution in [0, 0.1) is 0 Å². The smallest absolute Gasteiger partial charge is 0.265 e. The zero-order valence-corrected chi connectivity index (χ0v) is 7.83. The minimum Gasteiger partial charge on any atom is -0.482 e. The molecule has 0 radical (unpaired) electrons. The first-order chi connectivity index (χ1) is 7.33. The molecule has 0 atom stereocenters. The van der Waals surface area contributed by atoms with Crippen LogP contribution in [-0.4, -0.2) is 19.2 Å². The largest absolute Gasteiger partial charge is 0.482 e. The molecule has 0 N–H and O–H groups in total. The van der Waals surface area contributed by atoms with Crippen molar-refractivity contribution in [1.82, 2.24) is 0 Å². The fourth-order valence-corrected chi connectivity index (χ4v) is 1.40. The van der Waals surface area contributed by atoms with Gasteiger partial charge in [-0.2, -0.15) is 0 Å². The summed E-state index contributed by atoms with van der Waals surface area (Å²) in [5, 5.41) is 3.37. The van der Waals surface area contributed by atoms with Crippen molar-refractivity contribution in [3.63, 3.8) is 0 Å². The van der Waals surface area contributed by atoms with Gasteiger partial charge in [-0.1, -0.05) is 17.2 Å². The quantitative estimate of drug-likeness (QED) is 0.417. The van der Waals surface area contributed by atoms with E-state index in [4.69, 9.17) is 10.3 Å². The lowest BCUT2D eigenvalue weighted by molar-refractivity contribution is -0.121. The van der Waals surface area contributed by atoms with E-state index in [0.717, 1.165) is 0 Å². The molecule has 2 rings (SSSR count). The third-order valence-corrected chi connectivity index (χ3v) is 2.08. The lowest BCUT2D eigenvalue weighted by Crippen LogP contribution is -2.38. The molecule has 0 unspecified atom stereocenters. The van der Waals surface area contributed by atoms with Gasteiger partial charge in [0.2, 0.25) is 0 Å². The van der Waals surface area contributed by atoms with Crippen LogP contribution in [0.2, 0.25) is 0 Å². The molecule has 6 heteroatoms. The second-order valence-corrected chi connectivity index (χ2v) is 2.95. The summed E-state index contributed by atoms with van der Waals surface area (Å²) in [6.07, 6.45) is 0. The van der Waals surface area contributed by atoms with E-state index in [2.05, 4.69) is 10.0 Å². The topological polar surface area (TPSA) is 78.3 Å². The van der Waals surface area contributed by atoms with Gasteiger partial charge < -0.3 is 9.64 Å². The predicted molar refractivity (Wildman–Crippen MR) is 53.4 cm³/mol. The summed E-state index contributed by atoms with van der Waals surface area (Å²) in [7, 11) is 0. The van der Waals surface area contributed by atoms with Crippen molar-refractivity contribution in [2.45, 2.75) is 0 Å². The van der Waals surface area contributed by atoms with Gasteiger partial charge in [0.1, 0.15) is 12.4 Å². The Bertz CT molecular complexity index is 439. The molecule has 0 fully saturated rings. The highest BCUT2D eigenvalue weighted by Gasteiger charge is 2.23. The number of fused-ring (bicyclic) bond motifs is 1. The number of hydrogen-bond donors (Lipinski definition) is 0. The monoisotopic (exact) mass is 204 g/mol. The van der Waals surface area contributed by atoms with E-state index in [0.29, 0.717) is 11.4 Å². The van der Waals surface area contributed by atoms with Crippen LogP contribution in [0.25, 0.3) is 10.4 Å². The minimum atomic E-state index is -0.207. The molecule has 0 saturated carbocycles. The van der Waals surface area contributed by atoms with Crippen LogP contribution in [0.1, 0.15) is 0 Å². The molecule has 0 aliphatic carbocycles. The highest BCUT2D eigenvalue weighted by atomic mass is 16.5. The third kappa shape index (κ3) is 1.70. The summed E-state index contributed by atoms with van der Waals surface area (Å²) in [5.41, 5.74) is 8.86. The summed E-state index contributed by atoms with van der Waals surface area (Å²) in [6, 6.07) is 7.13. The second-order valence-electron chi connectivity index (χ2n) is 2.95. The molecule has 1 aliphatic heterocycles. The maximum absolute atomic E-state index is 11.5. The number of ether oxygens (including phenoxy) is 1. The van der Waals surface area contributed by atoms with Crippen molar-refractivity contribution in [1.29, 1.82) is 0 Å². The van der Waals surface area contributed by atoms with Gasteiger partial charge in [0.25, 0.3) is 5.91 Å². The molecule has 1 amide bonds. The lowest BCUT2D eigenvalue weighted by Gasteiger charge is -2.27. The average molecular weight is 204 g/mol. The van der Waals surface area contributed by atoms with Gasteiger partial charge in [-0.3, -0.25) is 4.79 Å². The van der Waals surface area contributed by atoms with Gasteiger partial charge in [0, 0.05) is 4.91 Å². The van der Waals surface area contributed by atoms with Crippen LogP contribution in [0.5, 0.6) is 5.75 Å². The first-order valence-electron chi connectivity index (χ1n) is 4.36. The minimum absolute atomic E-state index is 0.00426. The lowest BCUT2D eigenvalue weighted by atomic mass is 10.2. The fourth-order valence-electron chi connectivity index (χ4n) is 1.40. The Balaban J connectivity index is 2.36. The van der Waals surface area contributed by atoms with Gasteiger partial charge in [0.05, 0.1) is 5.69 Å². The number of benzene rings is 1. The normalized spacial score (nSPS) is 13.9. The first kappa shape index (κ1) is 9.36. The van der Waals surface area contributed by atoms with Crippen molar-refractivity contribution in [3.05, 3.63) is 34.7 Å². The SMILES string of the molecule is [N-]=[N+]=NCN1C(=O)COc2ccccc21. The number of carbonyl (C=O) groups excluding carboxylic acids is 1. The van der Waals surface area contributed by atoms with Gasteiger partial charge in [-0.05, 0) is 17.7 Å². The Hall–Kier alpha value is -2.20. The molecule has 76 valence electrons. The van der Waals surface area contributed by atoms with E-state index in [1.807, 2.05) is 6.07 Å². The van der Waals surface area contributed by atoms with E-state index in [1.54, 1.807) is 18.2 Å². The van der Waals surface area contributed by atoms with E-state index in [-0.39, 0.29) is 19.2 Å². The van der Waals surface area contributed by atoms with Crippen molar-refractivity contribution >= 4 is 11.6 Å². The molecule has 0 spiro atoms. The first-order valence-corrected chi connectivity index (χ1v) is 4.36. The number of anilines is 1. The maximum atomic E-state index is 11.5. The Kier molecular flexibility index (Phi) is 2.43. The van der Waals surface area contributed by atoms with E-state index < -0.39 is 0 Å². The Morgan fingerprint density at radius 2 is 2.33 bits per heavy atom. The average Bonchev–Trinajstić information content (AvgIpc) is 2.28. The number of hydrogen-bond acceptors (Lipinski definition) is 3. The summed E-state index contributed by atoms with van der Waals surface area (Å²) < 4.78 is 5.22. The van der Waals surface area contributed by atoms with Crippen LogP contribution in [0.3, 0.4) is 0 Å². The van der Waals surface area contributed by atoms with E-state index >= 15 is 0 Å². The van der Waals surface area contributed by atoms with Crippen LogP contribution in [0.4, 0.5) is 5.69 Å². The summed E-state index contributed by atoms with van der Waals surface area (Å²) in [4.78, 5) is 15.5. The van der Waals surface area contributed by atoms with Crippen molar-refractivity contribution in [2.24, 2.45) is 5.11 Å². The van der Waals surface area contributed by atoms with Crippen molar-refractivity contribution in [2.75, 3.05) is 18.2 Å². The molecule has 1 heterocycles. The van der Waals surface area contributed by atoms with Gasteiger partial charge >= 0.3 is 0 Å². The van der Waals surface area contributed by atoms with Crippen molar-refractivity contribution < 1.29 is 9.53 Å². The summed E-state index contributed by atoms with van der Waals surface area (Å²) >= 11 is 0. The predicted octanol–water partition coefficient (Wildman–Crippen LogP) is 1.68. The molecule has 1 aromatic carbocycles. The standard InChI is InChI=1S/C9H8N4O2/c10-12-11-6-13-7-3-1-2-4-8(7)15-5-9(13)14/h1-4H,5-6H2. The second kappa shape index (κ2) is 3.89. The number of amides is 1. The van der Waals surface area contributed by atoms with Crippen LogP contribution < -0.4 is 9.64 Å². The molecular weight excluding hydrogens is 196 g/mol. The number of rotatable bonds is 2. The molecule has 15 heavy (non-hydrogen) atoms. The van der Waals surface area contributed by atoms with Crippen LogP contribution in [0.15, 0.2) is 29.4 Å². The van der Waals surface area contributed by atoms with Crippen LogP contribution >= 0.6 is 0 Å².